The van der Waals surface area contributed by atoms with Crippen LogP contribution in [0.15, 0.2) is 27.7 Å². The second-order valence-electron chi connectivity index (χ2n) is 7.00. The topological polar surface area (TPSA) is 112 Å². The van der Waals surface area contributed by atoms with Gasteiger partial charge in [-0.1, -0.05) is 0 Å². The van der Waals surface area contributed by atoms with E-state index in [9.17, 15) is 9.90 Å². The van der Waals surface area contributed by atoms with Crippen LogP contribution in [0.1, 0.15) is 28.6 Å². The third-order valence-corrected chi connectivity index (χ3v) is 5.16. The number of anilines is 1. The first kappa shape index (κ1) is 20.1. The molecule has 2 aliphatic rings. The van der Waals surface area contributed by atoms with Gasteiger partial charge in [-0.15, -0.1) is 0 Å². The quantitative estimate of drug-likeness (QED) is 0.693. The normalized spacial score (nSPS) is 17.5. The second-order valence-corrected chi connectivity index (χ2v) is 7.00. The molecule has 0 bridgehead atoms. The molecular weight excluding hydrogens is 388 g/mol. The maximum absolute atomic E-state index is 12.6. The fourth-order valence-corrected chi connectivity index (χ4v) is 3.63. The molecule has 0 amide bonds. The SMILES string of the molecule is CCOC(=O)c1c(N2CCN(CCO)CC2)oc(/C=C2\C=Nc3ncccc32)c1O. The van der Waals surface area contributed by atoms with Crippen molar-refractivity contribution in [2.75, 3.05) is 50.8 Å². The molecular formula is C21H24N4O5. The highest BCUT2D eigenvalue weighted by atomic mass is 16.5. The molecule has 0 radical (unpaired) electrons. The number of pyridine rings is 1. The van der Waals surface area contributed by atoms with Crippen LogP contribution in [0.2, 0.25) is 0 Å². The minimum atomic E-state index is -0.627. The molecule has 1 fully saturated rings. The summed E-state index contributed by atoms with van der Waals surface area (Å²) < 4.78 is 11.1. The van der Waals surface area contributed by atoms with E-state index < -0.39 is 5.97 Å². The standard InChI is InChI=1S/C21H24N4O5/c1-2-29-21(28)17-18(27)16(12-14-13-23-19-15(14)4-3-5-22-19)30-20(17)25-8-6-24(7-9-25)10-11-26/h3-5,12-13,26-27H,2,6-11H2,1H3/b14-12+. The second kappa shape index (κ2) is 8.68. The van der Waals surface area contributed by atoms with Crippen LogP contribution >= 0.6 is 0 Å². The maximum Gasteiger partial charge on any atom is 0.347 e. The molecule has 30 heavy (non-hydrogen) atoms. The number of nitrogens with zero attached hydrogens (tertiary/aromatic N) is 4. The fraction of sp³-hybridized carbons (Fsp3) is 0.381. The first-order chi connectivity index (χ1) is 14.6. The van der Waals surface area contributed by atoms with E-state index in [1.807, 2.05) is 17.0 Å². The summed E-state index contributed by atoms with van der Waals surface area (Å²) in [4.78, 5) is 25.1. The molecule has 0 aromatic carbocycles. The van der Waals surface area contributed by atoms with Gasteiger partial charge in [-0.3, -0.25) is 4.90 Å². The van der Waals surface area contributed by atoms with Gasteiger partial charge in [0.2, 0.25) is 5.88 Å². The zero-order chi connectivity index (χ0) is 21.1. The molecule has 4 heterocycles. The summed E-state index contributed by atoms with van der Waals surface area (Å²) in [6.07, 6.45) is 4.97. The molecule has 1 saturated heterocycles. The van der Waals surface area contributed by atoms with Crippen LogP contribution < -0.4 is 4.90 Å². The molecule has 158 valence electrons. The number of hydrogen-bond donors (Lipinski definition) is 2. The number of carbonyl (C=O) groups excluding carboxylic acids is 1. The van der Waals surface area contributed by atoms with Crippen LogP contribution in [0, 0.1) is 0 Å². The van der Waals surface area contributed by atoms with Crippen LogP contribution in [0.3, 0.4) is 0 Å². The number of aromatic nitrogens is 1. The highest BCUT2D eigenvalue weighted by Gasteiger charge is 2.31. The molecule has 2 N–H and O–H groups in total. The van der Waals surface area contributed by atoms with Crippen molar-refractivity contribution in [1.29, 1.82) is 0 Å². The minimum Gasteiger partial charge on any atom is -0.504 e. The maximum atomic E-state index is 12.6. The average molecular weight is 412 g/mol. The Labute approximate surface area is 173 Å². The lowest BCUT2D eigenvalue weighted by atomic mass is 10.1. The number of rotatable bonds is 6. The smallest absolute Gasteiger partial charge is 0.347 e. The number of aliphatic hydroxyl groups is 1. The van der Waals surface area contributed by atoms with Crippen molar-refractivity contribution in [3.63, 3.8) is 0 Å². The van der Waals surface area contributed by atoms with Crippen LogP contribution in [-0.4, -0.2) is 78.2 Å². The lowest BCUT2D eigenvalue weighted by Gasteiger charge is -2.34. The third kappa shape index (κ3) is 3.81. The molecule has 9 nitrogen and oxygen atoms in total. The third-order valence-electron chi connectivity index (χ3n) is 5.16. The van der Waals surface area contributed by atoms with Gasteiger partial charge in [0.25, 0.3) is 0 Å². The molecule has 0 aliphatic carbocycles. The summed E-state index contributed by atoms with van der Waals surface area (Å²) in [6.45, 7) is 5.24. The Hall–Kier alpha value is -3.17. The number of piperazine rings is 1. The fourth-order valence-electron chi connectivity index (χ4n) is 3.63. The molecule has 2 aromatic heterocycles. The highest BCUT2D eigenvalue weighted by Crippen LogP contribution is 2.40. The predicted octanol–water partition coefficient (Wildman–Crippen LogP) is 1.93. The average Bonchev–Trinajstić information content (AvgIpc) is 3.31. The van der Waals surface area contributed by atoms with Gasteiger partial charge in [0, 0.05) is 56.3 Å². The summed E-state index contributed by atoms with van der Waals surface area (Å²) in [5.74, 6) is 0.185. The largest absolute Gasteiger partial charge is 0.504 e. The van der Waals surface area contributed by atoms with Crippen LogP contribution in [-0.2, 0) is 4.74 Å². The summed E-state index contributed by atoms with van der Waals surface area (Å²) >= 11 is 0. The lowest BCUT2D eigenvalue weighted by molar-refractivity contribution is 0.0523. The first-order valence-corrected chi connectivity index (χ1v) is 9.94. The summed E-state index contributed by atoms with van der Waals surface area (Å²) in [7, 11) is 0. The Balaban J connectivity index is 1.68. The van der Waals surface area contributed by atoms with E-state index in [1.165, 1.54) is 0 Å². The monoisotopic (exact) mass is 412 g/mol. The van der Waals surface area contributed by atoms with Crippen LogP contribution in [0.4, 0.5) is 11.7 Å². The number of β-amino-alcohol motifs (C(OH)–C–C–N with tert-alkyl or cyclic N) is 1. The Morgan fingerprint density at radius 3 is 2.87 bits per heavy atom. The molecule has 0 saturated carbocycles. The van der Waals surface area contributed by atoms with Gasteiger partial charge in [0.1, 0.15) is 0 Å². The van der Waals surface area contributed by atoms with Crippen molar-refractivity contribution in [3.8, 4) is 5.75 Å². The highest BCUT2D eigenvalue weighted by molar-refractivity contribution is 6.21. The first-order valence-electron chi connectivity index (χ1n) is 9.94. The summed E-state index contributed by atoms with van der Waals surface area (Å²) in [5.41, 5.74) is 1.59. The Morgan fingerprint density at radius 2 is 2.13 bits per heavy atom. The van der Waals surface area contributed by atoms with E-state index in [0.29, 0.717) is 44.4 Å². The number of esters is 1. The van der Waals surface area contributed by atoms with Crippen molar-refractivity contribution < 1.29 is 24.2 Å². The number of ether oxygens (including phenoxy) is 1. The van der Waals surface area contributed by atoms with Crippen LogP contribution in [0.5, 0.6) is 5.75 Å². The Bertz CT molecular complexity index is 989. The summed E-state index contributed by atoms with van der Waals surface area (Å²) in [5, 5.41) is 19.9. The Morgan fingerprint density at radius 1 is 1.33 bits per heavy atom. The zero-order valence-electron chi connectivity index (χ0n) is 16.7. The van der Waals surface area contributed by atoms with E-state index in [4.69, 9.17) is 14.3 Å². The lowest BCUT2D eigenvalue weighted by Crippen LogP contribution is -2.47. The molecule has 9 heteroatoms. The van der Waals surface area contributed by atoms with Crippen molar-refractivity contribution in [3.05, 3.63) is 35.2 Å². The number of aromatic hydroxyl groups is 1. The molecule has 0 unspecified atom stereocenters. The molecule has 0 atom stereocenters. The molecule has 0 spiro atoms. The van der Waals surface area contributed by atoms with Gasteiger partial charge >= 0.3 is 5.97 Å². The van der Waals surface area contributed by atoms with Gasteiger partial charge < -0.3 is 24.3 Å². The van der Waals surface area contributed by atoms with E-state index in [1.54, 1.807) is 25.4 Å². The zero-order valence-corrected chi connectivity index (χ0v) is 16.7. The van der Waals surface area contributed by atoms with Gasteiger partial charge in [-0.25, -0.2) is 14.8 Å². The van der Waals surface area contributed by atoms with E-state index in [0.717, 1.165) is 11.1 Å². The van der Waals surface area contributed by atoms with E-state index >= 15 is 0 Å². The number of furan rings is 1. The van der Waals surface area contributed by atoms with Crippen molar-refractivity contribution >= 4 is 35.5 Å². The van der Waals surface area contributed by atoms with Gasteiger partial charge in [0.05, 0.1) is 13.2 Å². The van der Waals surface area contributed by atoms with Gasteiger partial charge in [-0.2, -0.15) is 0 Å². The van der Waals surface area contributed by atoms with Crippen molar-refractivity contribution in [2.24, 2.45) is 4.99 Å². The summed E-state index contributed by atoms with van der Waals surface area (Å²) in [6, 6.07) is 3.69. The van der Waals surface area contributed by atoms with Crippen LogP contribution in [0.25, 0.3) is 11.6 Å². The van der Waals surface area contributed by atoms with Gasteiger partial charge in [-0.05, 0) is 25.1 Å². The number of fused-ring (bicyclic) bond motifs is 1. The molecule has 2 aliphatic heterocycles. The van der Waals surface area contributed by atoms with Crippen molar-refractivity contribution in [1.82, 2.24) is 9.88 Å². The number of aliphatic imine (C=N–C) groups is 1. The van der Waals surface area contributed by atoms with E-state index in [-0.39, 0.29) is 30.3 Å². The van der Waals surface area contributed by atoms with Gasteiger partial charge in [0.15, 0.2) is 22.9 Å². The number of carbonyl (C=O) groups is 1. The predicted molar refractivity (Wildman–Crippen MR) is 112 cm³/mol. The molecule has 2 aromatic rings. The van der Waals surface area contributed by atoms with E-state index in [2.05, 4.69) is 14.9 Å². The number of hydrogen-bond acceptors (Lipinski definition) is 9. The number of aliphatic hydroxyl groups excluding tert-OH is 1. The molecule has 4 rings (SSSR count). The number of allylic oxidation sites excluding steroid dienone is 1. The van der Waals surface area contributed by atoms with Crippen molar-refractivity contribution in [2.45, 2.75) is 6.92 Å². The minimum absolute atomic E-state index is 0.0284. The Kier molecular flexibility index (Phi) is 5.82.